The van der Waals surface area contributed by atoms with Crippen LogP contribution in [0.5, 0.6) is 0 Å². The average molecular weight is 323 g/mol. The first-order chi connectivity index (χ1) is 9.09. The zero-order valence-corrected chi connectivity index (χ0v) is 12.3. The van der Waals surface area contributed by atoms with Gasteiger partial charge in [-0.05, 0) is 30.2 Å². The van der Waals surface area contributed by atoms with E-state index in [1.807, 2.05) is 30.1 Å². The van der Waals surface area contributed by atoms with Gasteiger partial charge in [0.1, 0.15) is 5.82 Å². The van der Waals surface area contributed by atoms with Gasteiger partial charge >= 0.3 is 0 Å². The monoisotopic (exact) mass is 322 g/mol. The number of para-hydroxylation sites is 1. The van der Waals surface area contributed by atoms with Crippen molar-refractivity contribution in [3.63, 3.8) is 0 Å². The summed E-state index contributed by atoms with van der Waals surface area (Å²) < 4.78 is 14.8. The van der Waals surface area contributed by atoms with Crippen LogP contribution < -0.4 is 10.6 Å². The van der Waals surface area contributed by atoms with Gasteiger partial charge in [0.2, 0.25) is 0 Å². The van der Waals surface area contributed by atoms with Gasteiger partial charge in [-0.3, -0.25) is 0 Å². The molecule has 0 radical (unpaired) electrons. The van der Waals surface area contributed by atoms with Crippen molar-refractivity contribution in [3.05, 3.63) is 58.3 Å². The summed E-state index contributed by atoms with van der Waals surface area (Å²) in [7, 11) is 1.85. The van der Waals surface area contributed by atoms with Crippen LogP contribution in [0.2, 0.25) is 0 Å². The quantitative estimate of drug-likeness (QED) is 0.866. The molecule has 0 aliphatic heterocycles. The Morgan fingerprint density at radius 3 is 2.58 bits per heavy atom. The van der Waals surface area contributed by atoms with Crippen LogP contribution in [0.4, 0.5) is 15.8 Å². The van der Waals surface area contributed by atoms with Crippen molar-refractivity contribution in [3.8, 4) is 0 Å². The Morgan fingerprint density at radius 1 is 1.16 bits per heavy atom. The Morgan fingerprint density at radius 2 is 1.89 bits per heavy atom. The number of halogens is 2. The normalized spacial score (nSPS) is 10.5. The van der Waals surface area contributed by atoms with E-state index in [-0.39, 0.29) is 5.82 Å². The van der Waals surface area contributed by atoms with Crippen molar-refractivity contribution < 1.29 is 4.39 Å². The lowest BCUT2D eigenvalue weighted by molar-refractivity contribution is 0.623. The molecule has 4 heteroatoms. The van der Waals surface area contributed by atoms with Crippen LogP contribution in [0.1, 0.15) is 5.56 Å². The number of nitrogen functional groups attached to an aromatic ring is 1. The molecule has 0 amide bonds. The zero-order chi connectivity index (χ0) is 13.8. The Bertz CT molecular complexity index is 552. The molecule has 0 unspecified atom stereocenters. The average Bonchev–Trinajstić information content (AvgIpc) is 2.37. The third-order valence-corrected chi connectivity index (χ3v) is 3.85. The van der Waals surface area contributed by atoms with Crippen LogP contribution in [0.15, 0.2) is 46.9 Å². The first kappa shape index (κ1) is 13.9. The van der Waals surface area contributed by atoms with E-state index < -0.39 is 0 Å². The number of likely N-dealkylation sites (N-methyl/N-ethyl adjacent to an activating group) is 1. The fourth-order valence-electron chi connectivity index (χ4n) is 2.04. The SMILES string of the molecule is CN(CCc1ccccc1Br)c1c(N)cccc1F. The highest BCUT2D eigenvalue weighted by atomic mass is 79.9. The summed E-state index contributed by atoms with van der Waals surface area (Å²) in [6.07, 6.45) is 0.825. The van der Waals surface area contributed by atoms with Crippen molar-refractivity contribution >= 4 is 27.3 Å². The summed E-state index contributed by atoms with van der Waals surface area (Å²) in [6.45, 7) is 0.702. The summed E-state index contributed by atoms with van der Waals surface area (Å²) >= 11 is 3.51. The molecule has 2 aromatic carbocycles. The Kier molecular flexibility index (Phi) is 4.43. The van der Waals surface area contributed by atoms with Crippen molar-refractivity contribution in [2.45, 2.75) is 6.42 Å². The largest absolute Gasteiger partial charge is 0.397 e. The molecule has 0 spiro atoms. The molecule has 0 atom stereocenters. The number of nitrogens with two attached hydrogens (primary N) is 1. The third-order valence-electron chi connectivity index (χ3n) is 3.07. The molecule has 100 valence electrons. The molecule has 0 aromatic heterocycles. The van der Waals surface area contributed by atoms with E-state index in [2.05, 4.69) is 22.0 Å². The molecule has 2 aromatic rings. The van der Waals surface area contributed by atoms with Gasteiger partial charge in [-0.15, -0.1) is 0 Å². The first-order valence-electron chi connectivity index (χ1n) is 6.08. The predicted octanol–water partition coefficient (Wildman–Crippen LogP) is 3.85. The van der Waals surface area contributed by atoms with Gasteiger partial charge in [-0.1, -0.05) is 40.2 Å². The van der Waals surface area contributed by atoms with Gasteiger partial charge in [0.25, 0.3) is 0 Å². The second-order valence-electron chi connectivity index (χ2n) is 4.44. The first-order valence-corrected chi connectivity index (χ1v) is 6.87. The maximum atomic E-state index is 13.8. The Balaban J connectivity index is 2.10. The Hall–Kier alpha value is -1.55. The van der Waals surface area contributed by atoms with E-state index in [0.29, 0.717) is 17.9 Å². The van der Waals surface area contributed by atoms with E-state index >= 15 is 0 Å². The van der Waals surface area contributed by atoms with Gasteiger partial charge in [0, 0.05) is 18.1 Å². The maximum Gasteiger partial charge on any atom is 0.148 e. The second-order valence-corrected chi connectivity index (χ2v) is 5.29. The van der Waals surface area contributed by atoms with E-state index in [1.54, 1.807) is 12.1 Å². The molecule has 2 rings (SSSR count). The topological polar surface area (TPSA) is 29.3 Å². The summed E-state index contributed by atoms with van der Waals surface area (Å²) in [4.78, 5) is 1.85. The van der Waals surface area contributed by atoms with E-state index in [1.165, 1.54) is 11.6 Å². The molecule has 0 bridgehead atoms. The van der Waals surface area contributed by atoms with Crippen LogP contribution in [-0.4, -0.2) is 13.6 Å². The van der Waals surface area contributed by atoms with Gasteiger partial charge in [0.15, 0.2) is 0 Å². The summed E-state index contributed by atoms with van der Waals surface area (Å²) in [5.74, 6) is -0.283. The summed E-state index contributed by atoms with van der Waals surface area (Å²) in [5.41, 5.74) is 7.96. The molecule has 0 fully saturated rings. The van der Waals surface area contributed by atoms with Gasteiger partial charge in [-0.2, -0.15) is 0 Å². The predicted molar refractivity (Wildman–Crippen MR) is 81.9 cm³/mol. The maximum absolute atomic E-state index is 13.8. The number of nitrogens with zero attached hydrogens (tertiary/aromatic N) is 1. The molecule has 0 aliphatic carbocycles. The lowest BCUT2D eigenvalue weighted by Crippen LogP contribution is -2.22. The van der Waals surface area contributed by atoms with Gasteiger partial charge in [-0.25, -0.2) is 4.39 Å². The number of anilines is 2. The number of hydrogen-bond donors (Lipinski definition) is 1. The summed E-state index contributed by atoms with van der Waals surface area (Å²) in [6, 6.07) is 12.8. The smallest absolute Gasteiger partial charge is 0.148 e. The number of hydrogen-bond acceptors (Lipinski definition) is 2. The van der Waals surface area contributed by atoms with Crippen molar-refractivity contribution in [2.24, 2.45) is 0 Å². The molecular formula is C15H16BrFN2. The van der Waals surface area contributed by atoms with E-state index in [9.17, 15) is 4.39 Å². The van der Waals surface area contributed by atoms with Crippen LogP contribution in [0.25, 0.3) is 0 Å². The molecule has 0 aliphatic rings. The van der Waals surface area contributed by atoms with Gasteiger partial charge < -0.3 is 10.6 Å². The molecule has 0 saturated carbocycles. The molecule has 0 heterocycles. The minimum absolute atomic E-state index is 0.283. The molecular weight excluding hydrogens is 307 g/mol. The second kappa shape index (κ2) is 6.06. The van der Waals surface area contributed by atoms with E-state index in [4.69, 9.17) is 5.73 Å². The lowest BCUT2D eigenvalue weighted by atomic mass is 10.1. The van der Waals surface area contributed by atoms with E-state index in [0.717, 1.165) is 10.9 Å². The molecule has 0 saturated heterocycles. The van der Waals surface area contributed by atoms with Crippen molar-refractivity contribution in [2.75, 3.05) is 24.2 Å². The number of benzene rings is 2. The molecule has 2 nitrogen and oxygen atoms in total. The summed E-state index contributed by atoms with van der Waals surface area (Å²) in [5, 5.41) is 0. The zero-order valence-electron chi connectivity index (χ0n) is 10.7. The highest BCUT2D eigenvalue weighted by Gasteiger charge is 2.11. The van der Waals surface area contributed by atoms with Gasteiger partial charge in [0.05, 0.1) is 11.4 Å². The van der Waals surface area contributed by atoms with Crippen LogP contribution in [-0.2, 0) is 6.42 Å². The van der Waals surface area contributed by atoms with Crippen molar-refractivity contribution in [1.29, 1.82) is 0 Å². The minimum Gasteiger partial charge on any atom is -0.397 e. The van der Waals surface area contributed by atoms with Crippen LogP contribution in [0, 0.1) is 5.82 Å². The minimum atomic E-state index is -0.283. The van der Waals surface area contributed by atoms with Crippen LogP contribution in [0.3, 0.4) is 0 Å². The van der Waals surface area contributed by atoms with Crippen molar-refractivity contribution in [1.82, 2.24) is 0 Å². The Labute approximate surface area is 121 Å². The lowest BCUT2D eigenvalue weighted by Gasteiger charge is -2.21. The molecule has 2 N–H and O–H groups in total. The molecule has 19 heavy (non-hydrogen) atoms. The third kappa shape index (κ3) is 3.26. The number of rotatable bonds is 4. The highest BCUT2D eigenvalue weighted by Crippen LogP contribution is 2.26. The fraction of sp³-hybridized carbons (Fsp3) is 0.200. The fourth-order valence-corrected chi connectivity index (χ4v) is 2.52. The van der Waals surface area contributed by atoms with Crippen LogP contribution >= 0.6 is 15.9 Å². The highest BCUT2D eigenvalue weighted by molar-refractivity contribution is 9.10. The standard InChI is InChI=1S/C15H16BrFN2/c1-19(15-13(17)7-4-8-14(15)18)10-9-11-5-2-3-6-12(11)16/h2-8H,9-10,18H2,1H3.